The van der Waals surface area contributed by atoms with Crippen molar-refractivity contribution in [3.8, 4) is 0 Å². The fourth-order valence-electron chi connectivity index (χ4n) is 1.16. The first-order chi connectivity index (χ1) is 8.82. The van der Waals surface area contributed by atoms with Crippen molar-refractivity contribution in [1.82, 2.24) is 0 Å². The third-order valence-corrected chi connectivity index (χ3v) is 2.70. The van der Waals surface area contributed by atoms with Crippen LogP contribution in [0.25, 0.3) is 0 Å². The topological polar surface area (TPSA) is 107 Å². The minimum atomic E-state index is -1.31. The number of benzene rings is 1. The van der Waals surface area contributed by atoms with Crippen LogP contribution in [0.5, 0.6) is 0 Å². The van der Waals surface area contributed by atoms with Crippen LogP contribution in [0.15, 0.2) is 18.2 Å². The fraction of sp³-hybridized carbons (Fsp3) is 0.273. The summed E-state index contributed by atoms with van der Waals surface area (Å²) in [6.45, 7) is 0.858. The molecule has 1 unspecified atom stereocenters. The number of halogens is 1. The number of hydrogen-bond acceptors (Lipinski definition) is 5. The van der Waals surface area contributed by atoms with Crippen molar-refractivity contribution in [1.29, 1.82) is 0 Å². The molecule has 0 aromatic heterocycles. The summed E-state index contributed by atoms with van der Waals surface area (Å²) in [5.74, 6) is -3.55. The largest absolute Gasteiger partial charge is 0.481 e. The van der Waals surface area contributed by atoms with Gasteiger partial charge in [-0.3, -0.25) is 19.7 Å². The number of nitro groups is 1. The first-order valence-corrected chi connectivity index (χ1v) is 5.53. The van der Waals surface area contributed by atoms with Gasteiger partial charge in [0.05, 0.1) is 4.92 Å². The molecule has 0 saturated carbocycles. The lowest BCUT2D eigenvalue weighted by molar-refractivity contribution is -0.384. The second-order valence-electron chi connectivity index (χ2n) is 3.70. The summed E-state index contributed by atoms with van der Waals surface area (Å²) in [7, 11) is 0. The molecule has 0 spiro atoms. The number of aliphatic carboxylic acids is 1. The van der Waals surface area contributed by atoms with Crippen molar-refractivity contribution in [2.24, 2.45) is 5.92 Å². The molecule has 1 aromatic carbocycles. The number of nitro benzene ring substituents is 1. The van der Waals surface area contributed by atoms with E-state index in [9.17, 15) is 19.7 Å². The number of carbonyl (C=O) groups excluding carboxylic acids is 1. The van der Waals surface area contributed by atoms with E-state index in [4.69, 9.17) is 21.4 Å². The first-order valence-electron chi connectivity index (χ1n) is 5.15. The molecule has 8 heteroatoms. The predicted octanol–water partition coefficient (Wildman–Crippen LogP) is 2.01. The lowest BCUT2D eigenvalue weighted by atomic mass is 10.2. The van der Waals surface area contributed by atoms with Crippen molar-refractivity contribution in [3.63, 3.8) is 0 Å². The SMILES string of the molecule is CC(C(=O)O)C(=O)OCc1cc([N+](=O)[O-])ccc1Cl. The Hall–Kier alpha value is -2.15. The summed E-state index contributed by atoms with van der Waals surface area (Å²) in [6.07, 6.45) is 0. The fourth-order valence-corrected chi connectivity index (χ4v) is 1.33. The molecule has 0 bridgehead atoms. The zero-order chi connectivity index (χ0) is 14.6. The van der Waals surface area contributed by atoms with E-state index in [0.717, 1.165) is 0 Å². The van der Waals surface area contributed by atoms with E-state index in [1.54, 1.807) is 0 Å². The van der Waals surface area contributed by atoms with E-state index >= 15 is 0 Å². The number of carbonyl (C=O) groups is 2. The van der Waals surface area contributed by atoms with Crippen molar-refractivity contribution >= 4 is 29.2 Å². The van der Waals surface area contributed by atoms with Gasteiger partial charge in [-0.15, -0.1) is 0 Å². The third kappa shape index (κ3) is 3.92. The van der Waals surface area contributed by atoms with Gasteiger partial charge in [0.2, 0.25) is 0 Å². The third-order valence-electron chi connectivity index (χ3n) is 2.33. The van der Waals surface area contributed by atoms with Crippen molar-refractivity contribution in [2.75, 3.05) is 0 Å². The maximum atomic E-state index is 11.3. The van der Waals surface area contributed by atoms with Crippen molar-refractivity contribution < 1.29 is 24.4 Å². The molecule has 1 N–H and O–H groups in total. The van der Waals surface area contributed by atoms with Crippen LogP contribution in [0.2, 0.25) is 5.02 Å². The monoisotopic (exact) mass is 287 g/mol. The first kappa shape index (κ1) is 14.9. The van der Waals surface area contributed by atoms with Crippen LogP contribution in [0, 0.1) is 16.0 Å². The summed E-state index contributed by atoms with van der Waals surface area (Å²) < 4.78 is 4.74. The van der Waals surface area contributed by atoms with Gasteiger partial charge in [-0.25, -0.2) is 0 Å². The standard InChI is InChI=1S/C11H10ClNO6/c1-6(10(14)15)11(16)19-5-7-4-8(13(17)18)2-3-9(7)12/h2-4,6H,5H2,1H3,(H,14,15). The van der Waals surface area contributed by atoms with Gasteiger partial charge in [-0.1, -0.05) is 11.6 Å². The molecule has 19 heavy (non-hydrogen) atoms. The van der Waals surface area contributed by atoms with Gasteiger partial charge in [-0.05, 0) is 13.0 Å². The Morgan fingerprint density at radius 3 is 2.68 bits per heavy atom. The van der Waals surface area contributed by atoms with Gasteiger partial charge in [0, 0.05) is 22.7 Å². The summed E-state index contributed by atoms with van der Waals surface area (Å²) >= 11 is 5.80. The molecule has 7 nitrogen and oxygen atoms in total. The van der Waals surface area contributed by atoms with Crippen molar-refractivity contribution in [2.45, 2.75) is 13.5 Å². The van der Waals surface area contributed by atoms with Crippen LogP contribution in [0.4, 0.5) is 5.69 Å². The molecule has 0 saturated heterocycles. The average molecular weight is 288 g/mol. The number of nitrogens with zero attached hydrogens (tertiary/aromatic N) is 1. The van der Waals surface area contributed by atoms with Crippen LogP contribution in [-0.2, 0) is 20.9 Å². The summed E-state index contributed by atoms with van der Waals surface area (Å²) in [6, 6.07) is 3.69. The molecule has 0 fully saturated rings. The summed E-state index contributed by atoms with van der Waals surface area (Å²) in [5, 5.41) is 19.4. The summed E-state index contributed by atoms with van der Waals surface area (Å²) in [5.41, 5.74) is 0.0449. The van der Waals surface area contributed by atoms with E-state index in [1.165, 1.54) is 25.1 Å². The van der Waals surface area contributed by atoms with E-state index in [-0.39, 0.29) is 22.9 Å². The molecular formula is C11H10ClNO6. The number of non-ortho nitro benzene ring substituents is 1. The van der Waals surface area contributed by atoms with E-state index < -0.39 is 22.8 Å². The molecular weight excluding hydrogens is 278 g/mol. The molecule has 0 aliphatic heterocycles. The minimum Gasteiger partial charge on any atom is -0.481 e. The van der Waals surface area contributed by atoms with Gasteiger partial charge in [0.25, 0.3) is 5.69 Å². The van der Waals surface area contributed by atoms with Crippen LogP contribution in [-0.4, -0.2) is 22.0 Å². The maximum absolute atomic E-state index is 11.3. The Morgan fingerprint density at radius 2 is 2.16 bits per heavy atom. The number of rotatable bonds is 5. The maximum Gasteiger partial charge on any atom is 0.320 e. The predicted molar refractivity (Wildman–Crippen MR) is 64.7 cm³/mol. The lowest BCUT2D eigenvalue weighted by Crippen LogP contribution is -2.22. The van der Waals surface area contributed by atoms with E-state index in [1.807, 2.05) is 0 Å². The number of ether oxygens (including phenoxy) is 1. The zero-order valence-electron chi connectivity index (χ0n) is 9.83. The molecule has 1 aromatic rings. The molecule has 0 heterocycles. The highest BCUT2D eigenvalue weighted by atomic mass is 35.5. The van der Waals surface area contributed by atoms with Gasteiger partial charge in [0.1, 0.15) is 6.61 Å². The number of hydrogen-bond donors (Lipinski definition) is 1. The molecule has 1 atom stereocenters. The van der Waals surface area contributed by atoms with Crippen molar-refractivity contribution in [3.05, 3.63) is 38.9 Å². The Bertz CT molecular complexity index is 530. The highest BCUT2D eigenvalue weighted by Gasteiger charge is 2.22. The van der Waals surface area contributed by atoms with Gasteiger partial charge < -0.3 is 9.84 Å². The van der Waals surface area contributed by atoms with Gasteiger partial charge in [0.15, 0.2) is 5.92 Å². The normalized spacial score (nSPS) is 11.7. The van der Waals surface area contributed by atoms with Crippen LogP contribution >= 0.6 is 11.6 Å². The molecule has 0 radical (unpaired) electrons. The second kappa shape index (κ2) is 6.14. The van der Waals surface area contributed by atoms with Crippen LogP contribution in [0.1, 0.15) is 12.5 Å². The summed E-state index contributed by atoms with van der Waals surface area (Å²) in [4.78, 5) is 31.8. The Labute approximate surface area is 112 Å². The lowest BCUT2D eigenvalue weighted by Gasteiger charge is -2.08. The highest BCUT2D eigenvalue weighted by Crippen LogP contribution is 2.23. The highest BCUT2D eigenvalue weighted by molar-refractivity contribution is 6.31. The Balaban J connectivity index is 2.77. The average Bonchev–Trinajstić information content (AvgIpc) is 2.35. The molecule has 0 amide bonds. The number of carboxylic acids is 1. The number of carboxylic acid groups (broad SMARTS) is 1. The molecule has 0 aliphatic carbocycles. The van der Waals surface area contributed by atoms with Gasteiger partial charge in [-0.2, -0.15) is 0 Å². The van der Waals surface area contributed by atoms with E-state index in [2.05, 4.69) is 0 Å². The minimum absolute atomic E-state index is 0.193. The van der Waals surface area contributed by atoms with Crippen LogP contribution < -0.4 is 0 Å². The zero-order valence-corrected chi connectivity index (χ0v) is 10.6. The second-order valence-corrected chi connectivity index (χ2v) is 4.11. The molecule has 1 rings (SSSR count). The number of esters is 1. The van der Waals surface area contributed by atoms with Gasteiger partial charge >= 0.3 is 11.9 Å². The smallest absolute Gasteiger partial charge is 0.320 e. The Morgan fingerprint density at radius 1 is 1.53 bits per heavy atom. The quantitative estimate of drug-likeness (QED) is 0.384. The molecule has 102 valence electrons. The molecule has 0 aliphatic rings. The van der Waals surface area contributed by atoms with Crippen LogP contribution in [0.3, 0.4) is 0 Å². The van der Waals surface area contributed by atoms with E-state index in [0.29, 0.717) is 0 Å². The Kier molecular flexibility index (Phi) is 4.82.